The maximum absolute atomic E-state index is 12.7. The molecule has 30 heavy (non-hydrogen) atoms. The Kier molecular flexibility index (Phi) is 9.22. The van der Waals surface area contributed by atoms with Gasteiger partial charge in [-0.05, 0) is 30.3 Å². The molecule has 0 atom stereocenters. The molecule has 0 saturated heterocycles. The van der Waals surface area contributed by atoms with Gasteiger partial charge in [-0.25, -0.2) is 4.79 Å². The van der Waals surface area contributed by atoms with Crippen molar-refractivity contribution in [3.63, 3.8) is 0 Å². The van der Waals surface area contributed by atoms with Crippen LogP contribution in [-0.4, -0.2) is 5.97 Å². The van der Waals surface area contributed by atoms with Gasteiger partial charge in [-0.15, -0.1) is 0 Å². The van der Waals surface area contributed by atoms with Crippen molar-refractivity contribution in [2.24, 2.45) is 0 Å². The minimum absolute atomic E-state index is 0. The fourth-order valence-electron chi connectivity index (χ4n) is 3.34. The Hall–Kier alpha value is 0.650. The van der Waals surface area contributed by atoms with Gasteiger partial charge in [-0.2, -0.15) is 0 Å². The maximum atomic E-state index is 12.7. The van der Waals surface area contributed by atoms with E-state index >= 15 is 0 Å². The first-order valence-electron chi connectivity index (χ1n) is 7.91. The van der Waals surface area contributed by atoms with Crippen molar-refractivity contribution >= 4 is 69.7 Å². The van der Waals surface area contributed by atoms with Crippen molar-refractivity contribution in [1.82, 2.24) is 0 Å². The second kappa shape index (κ2) is 10.3. The normalized spacial score (nSPS) is 13.7. The Morgan fingerprint density at radius 3 is 1.57 bits per heavy atom. The third kappa shape index (κ3) is 4.39. The van der Waals surface area contributed by atoms with Crippen molar-refractivity contribution in [2.45, 2.75) is 5.60 Å². The first kappa shape index (κ1) is 26.9. The second-order valence-corrected chi connectivity index (χ2v) is 9.57. The maximum Gasteiger partial charge on any atom is 1.00 e. The quantitative estimate of drug-likeness (QED) is 0.268. The molecule has 0 saturated carbocycles. The molecule has 4 rings (SSSR count). The van der Waals surface area contributed by atoms with E-state index in [0.717, 1.165) is 0 Å². The van der Waals surface area contributed by atoms with Gasteiger partial charge in [0.25, 0.3) is 0 Å². The standard InChI is InChI=1S/C20H10Br4O4.2Na/c21-13-5-9(6-14(22)17(13)25)20(10-7-15(23)18(26)16(24)8-10)12-4-2-1-3-11(12)19(27)28-20;;/h1-8,25-26H;;/q;2*+1/p-2. The molecule has 0 N–H and O–H groups in total. The van der Waals surface area contributed by atoms with Crippen LogP contribution in [0.15, 0.2) is 66.4 Å². The number of ether oxygens (including phenoxy) is 1. The molecule has 3 aromatic carbocycles. The van der Waals surface area contributed by atoms with Gasteiger partial charge < -0.3 is 14.9 Å². The SMILES string of the molecule is O=C1OC(c2cc(Br)c([O-])c(Br)c2)(c2cc(Br)c([O-])c(Br)c2)c2ccccc21.[Na+].[Na+]. The third-order valence-electron chi connectivity index (χ3n) is 4.58. The smallest absolute Gasteiger partial charge is 0.871 e. The molecular formula is C20H8Br4Na2O4. The molecule has 0 unspecified atom stereocenters. The van der Waals surface area contributed by atoms with Gasteiger partial charge in [0, 0.05) is 34.6 Å². The fraction of sp³-hybridized carbons (Fsp3) is 0.0500. The number of hydrogen-bond donors (Lipinski definition) is 0. The zero-order valence-electron chi connectivity index (χ0n) is 15.8. The number of carbonyl (C=O) groups excluding carboxylic acids is 1. The molecular weight excluding hydrogens is 670 g/mol. The van der Waals surface area contributed by atoms with E-state index in [0.29, 0.717) is 40.1 Å². The molecule has 0 fully saturated rings. The minimum atomic E-state index is -1.31. The number of cyclic esters (lactones) is 1. The van der Waals surface area contributed by atoms with Crippen molar-refractivity contribution in [3.05, 3.63) is 88.7 Å². The Bertz CT molecular complexity index is 1050. The van der Waals surface area contributed by atoms with E-state index in [2.05, 4.69) is 63.7 Å². The van der Waals surface area contributed by atoms with Crippen LogP contribution in [-0.2, 0) is 10.3 Å². The first-order valence-corrected chi connectivity index (χ1v) is 11.1. The minimum Gasteiger partial charge on any atom is -0.871 e. The van der Waals surface area contributed by atoms with Crippen LogP contribution in [0.4, 0.5) is 0 Å². The van der Waals surface area contributed by atoms with Crippen LogP contribution in [0.2, 0.25) is 0 Å². The molecule has 1 heterocycles. The summed E-state index contributed by atoms with van der Waals surface area (Å²) in [5.41, 5.74) is 0.892. The molecule has 0 amide bonds. The predicted octanol–water partition coefficient (Wildman–Crippen LogP) is -0.646. The molecule has 142 valence electrons. The van der Waals surface area contributed by atoms with Crippen LogP contribution in [0.3, 0.4) is 0 Å². The number of halogens is 4. The van der Waals surface area contributed by atoms with Crippen LogP contribution in [0.1, 0.15) is 27.0 Å². The monoisotopic (exact) mass is 674 g/mol. The Labute approximate surface area is 250 Å². The van der Waals surface area contributed by atoms with Crippen LogP contribution >= 0.6 is 63.7 Å². The van der Waals surface area contributed by atoms with Gasteiger partial charge in [0.1, 0.15) is 0 Å². The summed E-state index contributed by atoms with van der Waals surface area (Å²) < 4.78 is 7.28. The van der Waals surface area contributed by atoms with E-state index in [1.807, 2.05) is 6.07 Å². The van der Waals surface area contributed by atoms with Crippen molar-refractivity contribution in [3.8, 4) is 11.5 Å². The summed E-state index contributed by atoms with van der Waals surface area (Å²) in [4.78, 5) is 12.7. The summed E-state index contributed by atoms with van der Waals surface area (Å²) >= 11 is 13.1. The van der Waals surface area contributed by atoms with Gasteiger partial charge in [0.05, 0.1) is 5.56 Å². The average Bonchev–Trinajstić information content (AvgIpc) is 2.97. The number of esters is 1. The summed E-state index contributed by atoms with van der Waals surface area (Å²) in [6.07, 6.45) is 0. The van der Waals surface area contributed by atoms with E-state index in [4.69, 9.17) is 4.74 Å². The molecule has 0 aliphatic carbocycles. The van der Waals surface area contributed by atoms with Crippen molar-refractivity contribution < 1.29 is 78.9 Å². The van der Waals surface area contributed by atoms with Crippen LogP contribution < -0.4 is 69.3 Å². The van der Waals surface area contributed by atoms with Gasteiger partial charge in [-0.3, -0.25) is 0 Å². The zero-order chi connectivity index (χ0) is 20.2. The van der Waals surface area contributed by atoms with Crippen LogP contribution in [0.5, 0.6) is 11.5 Å². The molecule has 3 aromatic rings. The summed E-state index contributed by atoms with van der Waals surface area (Å²) in [6, 6.07) is 13.6. The van der Waals surface area contributed by atoms with Gasteiger partial charge in [0.2, 0.25) is 0 Å². The molecule has 1 aliphatic heterocycles. The van der Waals surface area contributed by atoms with E-state index in [1.165, 1.54) is 0 Å². The van der Waals surface area contributed by atoms with Crippen LogP contribution in [0, 0.1) is 0 Å². The largest absolute Gasteiger partial charge is 1.00 e. The summed E-state index contributed by atoms with van der Waals surface area (Å²) in [6.45, 7) is 0. The van der Waals surface area contributed by atoms with Crippen molar-refractivity contribution in [1.29, 1.82) is 0 Å². The molecule has 1 aliphatic rings. The Morgan fingerprint density at radius 2 is 1.13 bits per heavy atom. The number of carbonyl (C=O) groups is 1. The number of fused-ring (bicyclic) bond motifs is 1. The predicted molar refractivity (Wildman–Crippen MR) is 114 cm³/mol. The molecule has 0 radical (unpaired) electrons. The molecule has 0 aromatic heterocycles. The topological polar surface area (TPSA) is 72.4 Å². The fourth-order valence-corrected chi connectivity index (χ4v) is 5.71. The molecule has 10 heteroatoms. The number of hydrogen-bond acceptors (Lipinski definition) is 4. The zero-order valence-corrected chi connectivity index (χ0v) is 26.1. The molecule has 0 spiro atoms. The molecule has 0 bridgehead atoms. The van der Waals surface area contributed by atoms with E-state index < -0.39 is 11.6 Å². The van der Waals surface area contributed by atoms with E-state index in [1.54, 1.807) is 42.5 Å². The number of benzene rings is 3. The third-order valence-corrected chi connectivity index (χ3v) is 6.94. The van der Waals surface area contributed by atoms with Gasteiger partial charge >= 0.3 is 65.1 Å². The van der Waals surface area contributed by atoms with Crippen molar-refractivity contribution in [2.75, 3.05) is 0 Å². The Morgan fingerprint density at radius 1 is 0.733 bits per heavy atom. The average molecular weight is 678 g/mol. The van der Waals surface area contributed by atoms with E-state index in [9.17, 15) is 15.0 Å². The first-order chi connectivity index (χ1) is 13.3. The van der Waals surface area contributed by atoms with E-state index in [-0.39, 0.29) is 70.6 Å². The Balaban J connectivity index is 0.00000160. The number of rotatable bonds is 2. The van der Waals surface area contributed by atoms with Crippen LogP contribution in [0.25, 0.3) is 0 Å². The molecule has 4 nitrogen and oxygen atoms in total. The summed E-state index contributed by atoms with van der Waals surface area (Å²) in [5.74, 6) is -0.907. The second-order valence-electron chi connectivity index (χ2n) is 6.15. The summed E-state index contributed by atoms with van der Waals surface area (Å²) in [5, 5.41) is 24.4. The van der Waals surface area contributed by atoms with Gasteiger partial charge in [-0.1, -0.05) is 93.4 Å². The van der Waals surface area contributed by atoms with Gasteiger partial charge in [0.15, 0.2) is 5.60 Å². The summed E-state index contributed by atoms with van der Waals surface area (Å²) in [7, 11) is 0.